The summed E-state index contributed by atoms with van der Waals surface area (Å²) < 4.78 is 16.9. The zero-order chi connectivity index (χ0) is 38.7. The van der Waals surface area contributed by atoms with Crippen molar-refractivity contribution in [1.82, 2.24) is 0 Å². The van der Waals surface area contributed by atoms with E-state index in [1.165, 1.54) is 70.2 Å². The highest BCUT2D eigenvalue weighted by Crippen LogP contribution is 2.65. The van der Waals surface area contributed by atoms with Crippen molar-refractivity contribution in [3.8, 4) is 44.9 Å². The van der Waals surface area contributed by atoms with Crippen molar-refractivity contribution in [3.05, 3.63) is 228 Å². The maximum atomic E-state index is 7.20. The first-order valence-electron chi connectivity index (χ1n) is 20.4. The van der Waals surface area contributed by atoms with Crippen LogP contribution in [-0.4, -0.2) is 0 Å². The van der Waals surface area contributed by atoms with Gasteiger partial charge < -0.3 is 14.4 Å². The van der Waals surface area contributed by atoms with Gasteiger partial charge in [0.1, 0.15) is 5.76 Å². The topological polar surface area (TPSA) is 21.7 Å². The zero-order valence-electron chi connectivity index (χ0n) is 32.0. The second-order valence-corrected chi connectivity index (χ2v) is 16.9. The quantitative estimate of drug-likeness (QED) is 0.178. The van der Waals surface area contributed by atoms with Crippen molar-refractivity contribution in [2.24, 2.45) is 0 Å². The summed E-state index contributed by atoms with van der Waals surface area (Å²) in [6, 6.07) is 66.1. The van der Waals surface area contributed by atoms with Gasteiger partial charge in [0.15, 0.2) is 17.3 Å². The maximum Gasteiger partial charge on any atom is 0.189 e. The van der Waals surface area contributed by atoms with Gasteiger partial charge in [0.25, 0.3) is 0 Å². The van der Waals surface area contributed by atoms with Crippen molar-refractivity contribution in [2.75, 3.05) is 4.90 Å². The third kappa shape index (κ3) is 4.52. The summed E-state index contributed by atoms with van der Waals surface area (Å²) in [5.74, 6) is 3.17. The molecule has 3 aliphatic carbocycles. The maximum absolute atomic E-state index is 7.20. The Labute approximate surface area is 346 Å². The molecule has 13 rings (SSSR count). The lowest BCUT2D eigenvalue weighted by Crippen LogP contribution is -2.27. The summed E-state index contributed by atoms with van der Waals surface area (Å²) in [4.78, 5) is 2.32. The van der Waals surface area contributed by atoms with Gasteiger partial charge >= 0.3 is 0 Å². The number of nitrogens with zero attached hydrogens (tertiary/aromatic N) is 1. The van der Waals surface area contributed by atoms with Crippen molar-refractivity contribution < 1.29 is 9.47 Å². The minimum absolute atomic E-state index is 0.442. The van der Waals surface area contributed by atoms with E-state index in [0.717, 1.165) is 58.5 Å². The first kappa shape index (κ1) is 32.9. The summed E-state index contributed by atoms with van der Waals surface area (Å²) in [5, 5.41) is 2.63. The van der Waals surface area contributed by atoms with Crippen LogP contribution >= 0.6 is 11.3 Å². The van der Waals surface area contributed by atoms with Gasteiger partial charge in [-0.3, -0.25) is 0 Å². The van der Waals surface area contributed by atoms with Gasteiger partial charge in [-0.15, -0.1) is 11.3 Å². The fraction of sp³-hybridized carbons (Fsp3) is 0.0545. The SMILES string of the molecule is C1=C(N(c2ccccc2)c2ccc(-c3cccc4sc5ccccc5c34)cc2)C2=C(CC1)Oc1c(ccc3c1-c1ccccc1C31c3ccccc3-c3ccccc31)O2. The highest BCUT2D eigenvalue weighted by atomic mass is 32.1. The van der Waals surface area contributed by atoms with E-state index < -0.39 is 5.41 Å². The number of benzene rings is 8. The van der Waals surface area contributed by atoms with Crippen LogP contribution in [0.2, 0.25) is 0 Å². The molecule has 9 aromatic rings. The van der Waals surface area contributed by atoms with Gasteiger partial charge in [0.05, 0.1) is 11.1 Å². The Morgan fingerprint density at radius 3 is 1.90 bits per heavy atom. The minimum Gasteiger partial charge on any atom is -0.453 e. The van der Waals surface area contributed by atoms with Crippen LogP contribution in [0.5, 0.6) is 11.5 Å². The summed E-state index contributed by atoms with van der Waals surface area (Å²) in [6.45, 7) is 0. The number of rotatable bonds is 4. The molecule has 0 saturated carbocycles. The molecule has 1 aromatic heterocycles. The smallest absolute Gasteiger partial charge is 0.189 e. The van der Waals surface area contributed by atoms with E-state index in [1.54, 1.807) is 0 Å². The molecule has 1 aliphatic heterocycles. The lowest BCUT2D eigenvalue weighted by atomic mass is 9.70. The van der Waals surface area contributed by atoms with Gasteiger partial charge in [0, 0.05) is 43.5 Å². The predicted octanol–water partition coefficient (Wildman–Crippen LogP) is 14.6. The number of thiophene rings is 1. The molecule has 59 heavy (non-hydrogen) atoms. The molecule has 0 unspecified atom stereocenters. The molecule has 3 nitrogen and oxygen atoms in total. The normalized spacial score (nSPS) is 15.1. The zero-order valence-corrected chi connectivity index (χ0v) is 32.8. The van der Waals surface area contributed by atoms with Crippen LogP contribution in [0.1, 0.15) is 35.1 Å². The first-order chi connectivity index (χ1) is 29.3. The molecule has 8 aromatic carbocycles. The number of anilines is 2. The van der Waals surface area contributed by atoms with Gasteiger partial charge in [-0.2, -0.15) is 0 Å². The highest BCUT2D eigenvalue weighted by Gasteiger charge is 2.53. The second kappa shape index (κ2) is 12.4. The third-order valence-electron chi connectivity index (χ3n) is 12.8. The van der Waals surface area contributed by atoms with Crippen molar-refractivity contribution in [1.29, 1.82) is 0 Å². The highest BCUT2D eigenvalue weighted by molar-refractivity contribution is 7.25. The minimum atomic E-state index is -0.442. The molecule has 4 aliphatic rings. The van der Waals surface area contributed by atoms with E-state index in [1.807, 2.05) is 11.3 Å². The van der Waals surface area contributed by atoms with Crippen LogP contribution in [-0.2, 0) is 5.41 Å². The van der Waals surface area contributed by atoms with E-state index >= 15 is 0 Å². The lowest BCUT2D eigenvalue weighted by Gasteiger charge is -2.35. The summed E-state index contributed by atoms with van der Waals surface area (Å²) in [7, 11) is 0. The van der Waals surface area contributed by atoms with Crippen molar-refractivity contribution >= 4 is 42.9 Å². The lowest BCUT2D eigenvalue weighted by molar-refractivity contribution is 0.285. The summed E-state index contributed by atoms with van der Waals surface area (Å²) in [6.07, 6.45) is 3.88. The Hall–Kier alpha value is -7.14. The standard InChI is InChI=1S/C55H35NO2S/c1-2-14-35(15-3-1)56(36-30-28-34(29-31-36)37-20-12-27-50-51(37)41-19-7-11-26-49(41)59-50)46-24-13-25-47-53(46)57-48-33-32-45-52(54(48)58-47)40-18-6-10-23-44(40)55(45)42-21-8-4-16-38(42)39-17-5-9-22-43(39)55/h1-12,14-24,26-33H,13,25H2. The van der Waals surface area contributed by atoms with E-state index in [-0.39, 0.29) is 0 Å². The van der Waals surface area contributed by atoms with E-state index in [0.29, 0.717) is 0 Å². The molecular weight excluding hydrogens is 739 g/mol. The van der Waals surface area contributed by atoms with E-state index in [9.17, 15) is 0 Å². The largest absolute Gasteiger partial charge is 0.453 e. The molecule has 278 valence electrons. The first-order valence-corrected chi connectivity index (χ1v) is 21.2. The molecule has 0 fully saturated rings. The molecule has 0 radical (unpaired) electrons. The van der Waals surface area contributed by atoms with E-state index in [2.05, 4.69) is 193 Å². The number of hydrogen-bond donors (Lipinski definition) is 0. The molecule has 2 heterocycles. The van der Waals surface area contributed by atoms with Crippen LogP contribution in [0.15, 0.2) is 205 Å². The Morgan fingerprint density at radius 1 is 0.492 bits per heavy atom. The molecule has 0 amide bonds. The average Bonchev–Trinajstić information content (AvgIpc) is 3.94. The third-order valence-corrected chi connectivity index (χ3v) is 13.9. The molecule has 0 saturated heterocycles. The molecular formula is C55H35NO2S. The fourth-order valence-electron chi connectivity index (χ4n) is 10.4. The van der Waals surface area contributed by atoms with Crippen LogP contribution < -0.4 is 14.4 Å². The van der Waals surface area contributed by atoms with Crippen molar-refractivity contribution in [3.63, 3.8) is 0 Å². The molecule has 0 bridgehead atoms. The molecule has 4 heteroatoms. The van der Waals surface area contributed by atoms with Gasteiger partial charge in [-0.1, -0.05) is 146 Å². The number of allylic oxidation sites excluding steroid dienone is 2. The summed E-state index contributed by atoms with van der Waals surface area (Å²) >= 11 is 1.86. The average molecular weight is 774 g/mol. The van der Waals surface area contributed by atoms with Gasteiger partial charge in [-0.05, 0) is 99.0 Å². The fourth-order valence-corrected chi connectivity index (χ4v) is 11.6. The predicted molar refractivity (Wildman–Crippen MR) is 242 cm³/mol. The van der Waals surface area contributed by atoms with E-state index in [4.69, 9.17) is 9.47 Å². The number of fused-ring (bicyclic) bond motifs is 15. The van der Waals surface area contributed by atoms with Gasteiger partial charge in [0.2, 0.25) is 0 Å². The number of hydrogen-bond acceptors (Lipinski definition) is 4. The summed E-state index contributed by atoms with van der Waals surface area (Å²) in [5.41, 5.74) is 15.2. The molecule has 0 N–H and O–H groups in total. The Bertz CT molecular complexity index is 3240. The van der Waals surface area contributed by atoms with Gasteiger partial charge in [-0.25, -0.2) is 0 Å². The molecule has 0 atom stereocenters. The molecule has 1 spiro atoms. The monoisotopic (exact) mass is 773 g/mol. The Kier molecular flexibility index (Phi) is 6.93. The van der Waals surface area contributed by atoms with Crippen molar-refractivity contribution in [2.45, 2.75) is 18.3 Å². The van der Waals surface area contributed by atoms with Crippen LogP contribution in [0.3, 0.4) is 0 Å². The number of ether oxygens (including phenoxy) is 2. The van der Waals surface area contributed by atoms with Crippen LogP contribution in [0, 0.1) is 0 Å². The Morgan fingerprint density at radius 2 is 1.12 bits per heavy atom. The van der Waals surface area contributed by atoms with Crippen LogP contribution in [0.4, 0.5) is 11.4 Å². The number of para-hydroxylation sites is 1. The van der Waals surface area contributed by atoms with Crippen LogP contribution in [0.25, 0.3) is 53.6 Å². The Balaban J connectivity index is 0.928. The second-order valence-electron chi connectivity index (χ2n) is 15.8.